The zero-order valence-electron chi connectivity index (χ0n) is 17.3. The number of carbonyl (C=O) groups is 2. The van der Waals surface area contributed by atoms with Gasteiger partial charge in [-0.05, 0) is 48.9 Å². The lowest BCUT2D eigenvalue weighted by Crippen LogP contribution is -2.36. The molecule has 0 saturated carbocycles. The van der Waals surface area contributed by atoms with Gasteiger partial charge in [0.05, 0.1) is 26.3 Å². The summed E-state index contributed by atoms with van der Waals surface area (Å²) in [5.74, 6) is -2.20. The van der Waals surface area contributed by atoms with Crippen LogP contribution >= 0.6 is 0 Å². The van der Waals surface area contributed by atoms with Crippen LogP contribution in [0.1, 0.15) is 17.3 Å². The van der Waals surface area contributed by atoms with Gasteiger partial charge < -0.3 is 14.4 Å². The average molecular weight is 425 g/mol. The molecule has 160 valence electrons. The standard InChI is InChI=1S/C24H21F2NO4/c1-15(28)14-27(24(29)23-18(25)9-5-10-19(23)26)17-8-4-7-16(13-17)22-20(30-2)11-6-12-21(22)31-3/h4-13H,14H2,1-3H3. The molecule has 3 aromatic carbocycles. The Morgan fingerprint density at radius 1 is 0.871 bits per heavy atom. The number of anilines is 1. The van der Waals surface area contributed by atoms with Gasteiger partial charge >= 0.3 is 0 Å². The summed E-state index contributed by atoms with van der Waals surface area (Å²) in [5.41, 5.74) is 0.862. The van der Waals surface area contributed by atoms with Crippen molar-refractivity contribution in [3.05, 3.63) is 77.9 Å². The molecule has 0 aliphatic carbocycles. The van der Waals surface area contributed by atoms with Gasteiger partial charge in [-0.1, -0.05) is 24.3 Å². The van der Waals surface area contributed by atoms with E-state index in [2.05, 4.69) is 0 Å². The number of amides is 1. The number of carbonyl (C=O) groups excluding carboxylic acids is 2. The Morgan fingerprint density at radius 3 is 1.97 bits per heavy atom. The maximum absolute atomic E-state index is 14.3. The van der Waals surface area contributed by atoms with E-state index in [-0.39, 0.29) is 12.3 Å². The maximum atomic E-state index is 14.3. The molecule has 0 fully saturated rings. The summed E-state index contributed by atoms with van der Waals surface area (Å²) in [7, 11) is 3.04. The molecule has 0 aromatic heterocycles. The Morgan fingerprint density at radius 2 is 1.42 bits per heavy atom. The molecule has 0 N–H and O–H groups in total. The fourth-order valence-corrected chi connectivity index (χ4v) is 3.31. The van der Waals surface area contributed by atoms with Gasteiger partial charge in [0, 0.05) is 5.69 Å². The first-order valence-corrected chi connectivity index (χ1v) is 9.44. The van der Waals surface area contributed by atoms with Crippen LogP contribution in [-0.2, 0) is 4.79 Å². The Hall–Kier alpha value is -3.74. The van der Waals surface area contributed by atoms with Crippen LogP contribution in [0, 0.1) is 11.6 Å². The van der Waals surface area contributed by atoms with Gasteiger partial charge in [-0.25, -0.2) is 8.78 Å². The van der Waals surface area contributed by atoms with E-state index in [9.17, 15) is 18.4 Å². The van der Waals surface area contributed by atoms with Gasteiger partial charge in [0.25, 0.3) is 5.91 Å². The van der Waals surface area contributed by atoms with Crippen LogP contribution in [0.5, 0.6) is 11.5 Å². The molecule has 3 aromatic rings. The lowest BCUT2D eigenvalue weighted by Gasteiger charge is -2.23. The third-order valence-electron chi connectivity index (χ3n) is 4.68. The van der Waals surface area contributed by atoms with Crippen molar-refractivity contribution in [1.29, 1.82) is 0 Å². The van der Waals surface area contributed by atoms with Crippen molar-refractivity contribution in [1.82, 2.24) is 0 Å². The van der Waals surface area contributed by atoms with E-state index in [4.69, 9.17) is 9.47 Å². The van der Waals surface area contributed by atoms with Crippen LogP contribution in [-0.4, -0.2) is 32.5 Å². The number of rotatable bonds is 7. The van der Waals surface area contributed by atoms with Crippen molar-refractivity contribution in [3.63, 3.8) is 0 Å². The van der Waals surface area contributed by atoms with Crippen LogP contribution in [0.3, 0.4) is 0 Å². The van der Waals surface area contributed by atoms with Crippen LogP contribution < -0.4 is 14.4 Å². The summed E-state index contributed by atoms with van der Waals surface area (Å²) >= 11 is 0. The van der Waals surface area contributed by atoms with Gasteiger partial charge in [0.2, 0.25) is 0 Å². The molecule has 0 heterocycles. The Kier molecular flexibility index (Phi) is 6.65. The topological polar surface area (TPSA) is 55.8 Å². The zero-order chi connectivity index (χ0) is 22.5. The van der Waals surface area contributed by atoms with Crippen LogP contribution in [0.4, 0.5) is 14.5 Å². The number of nitrogens with zero attached hydrogens (tertiary/aromatic N) is 1. The number of halogens is 2. The van der Waals surface area contributed by atoms with Crippen molar-refractivity contribution in [2.24, 2.45) is 0 Å². The zero-order valence-corrected chi connectivity index (χ0v) is 17.3. The molecule has 0 aliphatic heterocycles. The van der Waals surface area contributed by atoms with Gasteiger partial charge in [0.15, 0.2) is 0 Å². The highest BCUT2D eigenvalue weighted by molar-refractivity contribution is 6.09. The molecule has 3 rings (SSSR count). The lowest BCUT2D eigenvalue weighted by molar-refractivity contribution is -0.115. The summed E-state index contributed by atoms with van der Waals surface area (Å²) in [4.78, 5) is 26.0. The highest BCUT2D eigenvalue weighted by atomic mass is 19.1. The maximum Gasteiger partial charge on any atom is 0.264 e. The number of hydrogen-bond acceptors (Lipinski definition) is 4. The fourth-order valence-electron chi connectivity index (χ4n) is 3.31. The SMILES string of the molecule is COc1cccc(OC)c1-c1cccc(N(CC(C)=O)C(=O)c2c(F)cccc2F)c1. The molecule has 0 unspecified atom stereocenters. The minimum absolute atomic E-state index is 0.299. The quantitative estimate of drug-likeness (QED) is 0.541. The smallest absolute Gasteiger partial charge is 0.264 e. The second-order valence-electron chi connectivity index (χ2n) is 6.78. The molecule has 0 saturated heterocycles. The van der Waals surface area contributed by atoms with E-state index < -0.39 is 23.1 Å². The molecular weight excluding hydrogens is 404 g/mol. The van der Waals surface area contributed by atoms with Gasteiger partial charge in [0.1, 0.15) is 34.5 Å². The van der Waals surface area contributed by atoms with E-state index in [0.29, 0.717) is 28.3 Å². The third kappa shape index (κ3) is 4.55. The van der Waals surface area contributed by atoms with Crippen molar-refractivity contribution in [2.75, 3.05) is 25.7 Å². The number of hydrogen-bond donors (Lipinski definition) is 0. The van der Waals surface area contributed by atoms with Crippen molar-refractivity contribution in [3.8, 4) is 22.6 Å². The van der Waals surface area contributed by atoms with E-state index in [1.807, 2.05) is 0 Å². The van der Waals surface area contributed by atoms with Crippen LogP contribution in [0.15, 0.2) is 60.7 Å². The number of Topliss-reactive ketones (excluding diaryl/α,β-unsaturated/α-hetero) is 1. The summed E-state index contributed by atoms with van der Waals surface area (Å²) in [5, 5.41) is 0. The number of ether oxygens (including phenoxy) is 2. The molecular formula is C24H21F2NO4. The van der Waals surface area contributed by atoms with E-state index in [0.717, 1.165) is 17.0 Å². The van der Waals surface area contributed by atoms with Crippen molar-refractivity contribution in [2.45, 2.75) is 6.92 Å². The molecule has 0 bridgehead atoms. The third-order valence-corrected chi connectivity index (χ3v) is 4.68. The van der Waals surface area contributed by atoms with Crippen LogP contribution in [0.2, 0.25) is 0 Å². The predicted molar refractivity (Wildman–Crippen MR) is 114 cm³/mol. The van der Waals surface area contributed by atoms with Gasteiger partial charge in [-0.3, -0.25) is 9.59 Å². The molecule has 0 aliphatic rings. The highest BCUT2D eigenvalue weighted by Gasteiger charge is 2.26. The molecule has 0 spiro atoms. The minimum atomic E-state index is -0.999. The molecule has 7 heteroatoms. The molecule has 1 amide bonds. The largest absolute Gasteiger partial charge is 0.496 e. The second kappa shape index (κ2) is 9.38. The Labute approximate surface area is 178 Å². The minimum Gasteiger partial charge on any atom is -0.496 e. The first kappa shape index (κ1) is 22.0. The summed E-state index contributed by atoms with van der Waals surface area (Å²) in [6, 6.07) is 15.2. The average Bonchev–Trinajstić information content (AvgIpc) is 2.76. The summed E-state index contributed by atoms with van der Waals surface area (Å²) in [6.45, 7) is 0.949. The first-order chi connectivity index (χ1) is 14.9. The monoisotopic (exact) mass is 425 g/mol. The summed E-state index contributed by atoms with van der Waals surface area (Å²) in [6.07, 6.45) is 0. The fraction of sp³-hybridized carbons (Fsp3) is 0.167. The molecule has 0 radical (unpaired) electrons. The van der Waals surface area contributed by atoms with E-state index in [1.165, 1.54) is 27.2 Å². The summed E-state index contributed by atoms with van der Waals surface area (Å²) < 4.78 is 39.4. The Bertz CT molecular complexity index is 1090. The number of methoxy groups -OCH3 is 2. The van der Waals surface area contributed by atoms with Crippen molar-refractivity contribution >= 4 is 17.4 Å². The molecule has 5 nitrogen and oxygen atoms in total. The lowest BCUT2D eigenvalue weighted by atomic mass is 10.0. The normalized spacial score (nSPS) is 10.5. The van der Waals surface area contributed by atoms with Gasteiger partial charge in [-0.15, -0.1) is 0 Å². The predicted octanol–water partition coefficient (Wildman–Crippen LogP) is 4.88. The molecule has 31 heavy (non-hydrogen) atoms. The van der Waals surface area contributed by atoms with E-state index >= 15 is 0 Å². The van der Waals surface area contributed by atoms with Gasteiger partial charge in [-0.2, -0.15) is 0 Å². The highest BCUT2D eigenvalue weighted by Crippen LogP contribution is 2.39. The molecule has 0 atom stereocenters. The first-order valence-electron chi connectivity index (χ1n) is 9.44. The Balaban J connectivity index is 2.14. The number of benzene rings is 3. The number of ketones is 1. The van der Waals surface area contributed by atoms with Crippen molar-refractivity contribution < 1.29 is 27.8 Å². The van der Waals surface area contributed by atoms with Crippen LogP contribution in [0.25, 0.3) is 11.1 Å². The second-order valence-corrected chi connectivity index (χ2v) is 6.78. The van der Waals surface area contributed by atoms with E-state index in [1.54, 1.807) is 42.5 Å².